The third-order valence-electron chi connectivity index (χ3n) is 4.92. The van der Waals surface area contributed by atoms with Crippen LogP contribution in [0.4, 0.5) is 17.5 Å². The summed E-state index contributed by atoms with van der Waals surface area (Å²) in [7, 11) is 0. The van der Waals surface area contributed by atoms with Gasteiger partial charge in [-0.25, -0.2) is 4.98 Å². The molecular formula is C22H24N4. The maximum atomic E-state index is 4.89. The van der Waals surface area contributed by atoms with Gasteiger partial charge in [0.05, 0.1) is 5.69 Å². The molecule has 26 heavy (non-hydrogen) atoms. The normalized spacial score (nSPS) is 14.2. The minimum absolute atomic E-state index is 0.368. The quantitative estimate of drug-likeness (QED) is 0.703. The topological polar surface area (TPSA) is 41.1 Å². The summed E-state index contributed by atoms with van der Waals surface area (Å²) in [4.78, 5) is 11.9. The molecule has 0 saturated heterocycles. The molecule has 1 aliphatic heterocycles. The van der Waals surface area contributed by atoms with E-state index in [4.69, 9.17) is 9.97 Å². The summed E-state index contributed by atoms with van der Waals surface area (Å²) in [5, 5.41) is 3.51. The molecule has 1 atom stereocenters. The van der Waals surface area contributed by atoms with Crippen molar-refractivity contribution in [3.63, 3.8) is 0 Å². The lowest BCUT2D eigenvalue weighted by molar-refractivity contribution is 0.758. The van der Waals surface area contributed by atoms with Crippen molar-refractivity contribution >= 4 is 17.5 Å². The second-order valence-electron chi connectivity index (χ2n) is 6.79. The number of fused-ring (bicyclic) bond motifs is 1. The van der Waals surface area contributed by atoms with E-state index in [-0.39, 0.29) is 0 Å². The molecule has 1 N–H and O–H groups in total. The Morgan fingerprint density at radius 1 is 1.04 bits per heavy atom. The first kappa shape index (κ1) is 16.6. The van der Waals surface area contributed by atoms with Gasteiger partial charge in [0.15, 0.2) is 0 Å². The van der Waals surface area contributed by atoms with Gasteiger partial charge in [0.25, 0.3) is 0 Å². The van der Waals surface area contributed by atoms with Gasteiger partial charge in [-0.15, -0.1) is 0 Å². The largest absolute Gasteiger partial charge is 0.367 e. The number of nitrogens with one attached hydrogen (secondary N) is 1. The van der Waals surface area contributed by atoms with Crippen LogP contribution in [0.15, 0.2) is 60.7 Å². The van der Waals surface area contributed by atoms with E-state index in [9.17, 15) is 0 Å². The molecule has 1 aromatic heterocycles. The molecule has 1 unspecified atom stereocenters. The van der Waals surface area contributed by atoms with Gasteiger partial charge in [0.2, 0.25) is 5.95 Å². The highest BCUT2D eigenvalue weighted by Gasteiger charge is 2.23. The molecule has 0 fully saturated rings. The third kappa shape index (κ3) is 3.27. The number of para-hydroxylation sites is 1. The van der Waals surface area contributed by atoms with E-state index in [0.29, 0.717) is 6.04 Å². The molecule has 4 rings (SSSR count). The number of hydrogen-bond donors (Lipinski definition) is 1. The monoisotopic (exact) mass is 344 g/mol. The van der Waals surface area contributed by atoms with Crippen molar-refractivity contribution in [1.82, 2.24) is 9.97 Å². The lowest BCUT2D eigenvalue weighted by Gasteiger charge is -2.20. The molecule has 4 heteroatoms. The van der Waals surface area contributed by atoms with Crippen LogP contribution in [-0.2, 0) is 6.42 Å². The summed E-state index contributed by atoms with van der Waals surface area (Å²) in [6.45, 7) is 5.27. The Kier molecular flexibility index (Phi) is 4.57. The Hall–Kier alpha value is -2.88. The zero-order valence-electron chi connectivity index (χ0n) is 15.3. The van der Waals surface area contributed by atoms with E-state index < -0.39 is 0 Å². The number of anilines is 3. The van der Waals surface area contributed by atoms with Crippen LogP contribution < -0.4 is 10.2 Å². The summed E-state index contributed by atoms with van der Waals surface area (Å²) in [6, 6.07) is 21.2. The standard InChI is InChI=1S/C22H24N4/c1-3-16(2)23-21-15-19(17-9-5-4-6-10-17)24-22(25-21)26-14-13-18-11-7-8-12-20(18)26/h4-12,15-16H,3,13-14H2,1-2H3,(H,23,24,25). The summed E-state index contributed by atoms with van der Waals surface area (Å²) in [6.07, 6.45) is 2.08. The van der Waals surface area contributed by atoms with Crippen LogP contribution in [0.2, 0.25) is 0 Å². The molecule has 0 aliphatic carbocycles. The van der Waals surface area contributed by atoms with Crippen molar-refractivity contribution < 1.29 is 0 Å². The summed E-state index contributed by atoms with van der Waals surface area (Å²) >= 11 is 0. The highest BCUT2D eigenvalue weighted by Crippen LogP contribution is 2.34. The van der Waals surface area contributed by atoms with Crippen molar-refractivity contribution in [3.05, 3.63) is 66.2 Å². The van der Waals surface area contributed by atoms with Gasteiger partial charge >= 0.3 is 0 Å². The molecule has 2 aromatic carbocycles. The highest BCUT2D eigenvalue weighted by atomic mass is 15.3. The third-order valence-corrected chi connectivity index (χ3v) is 4.92. The predicted molar refractivity (Wildman–Crippen MR) is 108 cm³/mol. The number of nitrogens with zero attached hydrogens (tertiary/aromatic N) is 3. The summed E-state index contributed by atoms with van der Waals surface area (Å²) < 4.78 is 0. The lowest BCUT2D eigenvalue weighted by atomic mass is 10.1. The van der Waals surface area contributed by atoms with Gasteiger partial charge in [0, 0.05) is 29.9 Å². The molecule has 1 aliphatic rings. The van der Waals surface area contributed by atoms with Crippen molar-refractivity contribution in [2.45, 2.75) is 32.7 Å². The average Bonchev–Trinajstić information content (AvgIpc) is 3.12. The Balaban J connectivity index is 1.78. The highest BCUT2D eigenvalue weighted by molar-refractivity contribution is 5.70. The maximum absolute atomic E-state index is 4.89. The van der Waals surface area contributed by atoms with E-state index in [0.717, 1.165) is 42.4 Å². The molecular weight excluding hydrogens is 320 g/mol. The number of aromatic nitrogens is 2. The maximum Gasteiger partial charge on any atom is 0.232 e. The van der Waals surface area contributed by atoms with E-state index in [1.165, 1.54) is 11.3 Å². The second kappa shape index (κ2) is 7.16. The minimum Gasteiger partial charge on any atom is -0.367 e. The van der Waals surface area contributed by atoms with Crippen molar-refractivity contribution in [2.24, 2.45) is 0 Å². The SMILES string of the molecule is CCC(C)Nc1cc(-c2ccccc2)nc(N2CCc3ccccc32)n1. The Morgan fingerprint density at radius 2 is 1.81 bits per heavy atom. The minimum atomic E-state index is 0.368. The fourth-order valence-corrected chi connectivity index (χ4v) is 3.29. The van der Waals surface area contributed by atoms with Crippen LogP contribution in [0, 0.1) is 0 Å². The molecule has 0 bridgehead atoms. The van der Waals surface area contributed by atoms with E-state index in [1.54, 1.807) is 0 Å². The van der Waals surface area contributed by atoms with Gasteiger partial charge in [0.1, 0.15) is 5.82 Å². The first-order valence-electron chi connectivity index (χ1n) is 9.31. The Labute approximate surface area is 154 Å². The van der Waals surface area contributed by atoms with Gasteiger partial charge in [-0.2, -0.15) is 4.98 Å². The molecule has 0 radical (unpaired) electrons. The van der Waals surface area contributed by atoms with Gasteiger partial charge in [-0.05, 0) is 31.4 Å². The van der Waals surface area contributed by atoms with E-state index in [2.05, 4.69) is 60.5 Å². The molecule has 0 amide bonds. The lowest BCUT2D eigenvalue weighted by Crippen LogP contribution is -2.19. The number of benzene rings is 2. The van der Waals surface area contributed by atoms with Crippen LogP contribution in [0.1, 0.15) is 25.8 Å². The van der Waals surface area contributed by atoms with Crippen molar-refractivity contribution in [2.75, 3.05) is 16.8 Å². The zero-order valence-corrected chi connectivity index (χ0v) is 15.3. The first-order valence-corrected chi connectivity index (χ1v) is 9.31. The average molecular weight is 344 g/mol. The van der Waals surface area contributed by atoms with Crippen LogP contribution in [0.5, 0.6) is 0 Å². The fourth-order valence-electron chi connectivity index (χ4n) is 3.29. The fraction of sp³-hybridized carbons (Fsp3) is 0.273. The van der Waals surface area contributed by atoms with Gasteiger partial charge in [-0.1, -0.05) is 55.5 Å². The smallest absolute Gasteiger partial charge is 0.232 e. The van der Waals surface area contributed by atoms with Crippen LogP contribution >= 0.6 is 0 Å². The molecule has 0 spiro atoms. The zero-order chi connectivity index (χ0) is 17.9. The number of hydrogen-bond acceptors (Lipinski definition) is 4. The van der Waals surface area contributed by atoms with E-state index >= 15 is 0 Å². The Bertz CT molecular complexity index is 892. The van der Waals surface area contributed by atoms with Crippen molar-refractivity contribution in [3.8, 4) is 11.3 Å². The molecule has 0 saturated carbocycles. The Morgan fingerprint density at radius 3 is 2.62 bits per heavy atom. The molecule has 2 heterocycles. The molecule has 3 aromatic rings. The van der Waals surface area contributed by atoms with Crippen molar-refractivity contribution in [1.29, 1.82) is 0 Å². The summed E-state index contributed by atoms with van der Waals surface area (Å²) in [5.74, 6) is 1.65. The van der Waals surface area contributed by atoms with E-state index in [1.807, 2.05) is 24.3 Å². The molecule has 4 nitrogen and oxygen atoms in total. The van der Waals surface area contributed by atoms with Gasteiger partial charge in [-0.3, -0.25) is 0 Å². The van der Waals surface area contributed by atoms with Gasteiger partial charge < -0.3 is 10.2 Å². The van der Waals surface area contributed by atoms with Crippen LogP contribution in [0.3, 0.4) is 0 Å². The van der Waals surface area contributed by atoms with Crippen LogP contribution in [-0.4, -0.2) is 22.6 Å². The van der Waals surface area contributed by atoms with Crippen LogP contribution in [0.25, 0.3) is 11.3 Å². The molecule has 132 valence electrons. The first-order chi connectivity index (χ1) is 12.7. The second-order valence-corrected chi connectivity index (χ2v) is 6.79. The summed E-state index contributed by atoms with van der Waals surface area (Å²) in [5.41, 5.74) is 4.63. The number of rotatable bonds is 5. The predicted octanol–water partition coefficient (Wildman–Crippen LogP) is 5.05.